The molecule has 58 valence electrons. The Morgan fingerprint density at radius 3 is 3.27 bits per heavy atom. The number of carbonyl (C=O) groups is 1. The van der Waals surface area contributed by atoms with E-state index in [1.54, 1.807) is 6.08 Å². The van der Waals surface area contributed by atoms with Crippen LogP contribution in [0, 0.1) is 0 Å². The zero-order chi connectivity index (χ0) is 7.68. The molecule has 0 unspecified atom stereocenters. The van der Waals surface area contributed by atoms with Crippen LogP contribution in [0.1, 0.15) is 19.3 Å². The average Bonchev–Trinajstić information content (AvgIpc) is 2.04. The number of hydrogen-bond donors (Lipinski definition) is 0. The Kier molecular flexibility index (Phi) is 1.53. The molecule has 0 aromatic heterocycles. The summed E-state index contributed by atoms with van der Waals surface area (Å²) in [5.74, 6) is 0.971. The van der Waals surface area contributed by atoms with E-state index in [2.05, 4.69) is 0 Å². The number of ketones is 1. The predicted molar refractivity (Wildman–Crippen MR) is 41.0 cm³/mol. The highest BCUT2D eigenvalue weighted by Crippen LogP contribution is 2.26. The SMILES string of the molecule is O=C1C=C2OCCCC2=CC1. The second-order valence-electron chi connectivity index (χ2n) is 2.86. The van der Waals surface area contributed by atoms with E-state index in [1.807, 2.05) is 6.08 Å². The van der Waals surface area contributed by atoms with Gasteiger partial charge in [-0.2, -0.15) is 0 Å². The smallest absolute Gasteiger partial charge is 0.163 e. The van der Waals surface area contributed by atoms with Crippen LogP contribution >= 0.6 is 0 Å². The van der Waals surface area contributed by atoms with Crippen molar-refractivity contribution < 1.29 is 9.53 Å². The molecule has 1 saturated heterocycles. The third kappa shape index (κ3) is 1.20. The van der Waals surface area contributed by atoms with Gasteiger partial charge in [-0.1, -0.05) is 6.08 Å². The van der Waals surface area contributed by atoms with E-state index in [9.17, 15) is 4.79 Å². The summed E-state index contributed by atoms with van der Waals surface area (Å²) < 4.78 is 5.32. The molecule has 0 aromatic rings. The molecule has 1 heterocycles. The molecular formula is C9H10O2. The summed E-state index contributed by atoms with van der Waals surface area (Å²) in [7, 11) is 0. The minimum absolute atomic E-state index is 0.158. The van der Waals surface area contributed by atoms with Gasteiger partial charge >= 0.3 is 0 Å². The van der Waals surface area contributed by atoms with Crippen LogP contribution in [0.3, 0.4) is 0 Å². The van der Waals surface area contributed by atoms with E-state index in [-0.39, 0.29) is 5.78 Å². The van der Waals surface area contributed by atoms with Gasteiger partial charge in [0.15, 0.2) is 5.78 Å². The first kappa shape index (κ1) is 6.65. The molecule has 0 saturated carbocycles. The summed E-state index contributed by atoms with van der Waals surface area (Å²) in [6.07, 6.45) is 6.31. The summed E-state index contributed by atoms with van der Waals surface area (Å²) in [6, 6.07) is 0. The maximum Gasteiger partial charge on any atom is 0.163 e. The topological polar surface area (TPSA) is 26.3 Å². The van der Waals surface area contributed by atoms with Crippen LogP contribution in [0.4, 0.5) is 0 Å². The zero-order valence-electron chi connectivity index (χ0n) is 6.30. The third-order valence-electron chi connectivity index (χ3n) is 2.01. The molecular weight excluding hydrogens is 140 g/mol. The van der Waals surface area contributed by atoms with Crippen molar-refractivity contribution in [3.8, 4) is 0 Å². The number of fused-ring (bicyclic) bond motifs is 1. The fourth-order valence-corrected chi connectivity index (χ4v) is 1.43. The molecule has 1 fully saturated rings. The molecule has 0 amide bonds. The molecule has 1 aliphatic heterocycles. The maximum absolute atomic E-state index is 10.9. The Balaban J connectivity index is 2.26. The lowest BCUT2D eigenvalue weighted by Crippen LogP contribution is -2.12. The Hall–Kier alpha value is -1.05. The van der Waals surface area contributed by atoms with Gasteiger partial charge in [0.2, 0.25) is 0 Å². The van der Waals surface area contributed by atoms with E-state index in [0.717, 1.165) is 25.2 Å². The Bertz CT molecular complexity index is 248. The fraction of sp³-hybridized carbons (Fsp3) is 0.444. The molecule has 11 heavy (non-hydrogen) atoms. The molecule has 0 bridgehead atoms. The van der Waals surface area contributed by atoms with Gasteiger partial charge in [-0.25, -0.2) is 0 Å². The van der Waals surface area contributed by atoms with Gasteiger partial charge < -0.3 is 4.74 Å². The predicted octanol–water partition coefficient (Wildman–Crippen LogP) is 1.58. The summed E-state index contributed by atoms with van der Waals surface area (Å²) in [4.78, 5) is 10.9. The highest BCUT2D eigenvalue weighted by molar-refractivity contribution is 5.93. The van der Waals surface area contributed by atoms with Crippen molar-refractivity contribution in [2.75, 3.05) is 6.61 Å². The quantitative estimate of drug-likeness (QED) is 0.524. The number of rotatable bonds is 0. The molecule has 0 N–H and O–H groups in total. The summed E-state index contributed by atoms with van der Waals surface area (Å²) in [5, 5.41) is 0. The molecule has 0 aromatic carbocycles. The molecule has 1 aliphatic carbocycles. The average molecular weight is 150 g/mol. The van der Waals surface area contributed by atoms with Crippen molar-refractivity contribution in [2.45, 2.75) is 19.3 Å². The van der Waals surface area contributed by atoms with E-state index >= 15 is 0 Å². The summed E-state index contributed by atoms with van der Waals surface area (Å²) in [5.41, 5.74) is 1.22. The van der Waals surface area contributed by atoms with Crippen LogP contribution in [0.5, 0.6) is 0 Å². The minimum Gasteiger partial charge on any atom is -0.493 e. The lowest BCUT2D eigenvalue weighted by Gasteiger charge is -2.21. The minimum atomic E-state index is 0.158. The number of carbonyl (C=O) groups excluding carboxylic acids is 1. The van der Waals surface area contributed by atoms with Crippen LogP contribution in [0.25, 0.3) is 0 Å². The summed E-state index contributed by atoms with van der Waals surface area (Å²) >= 11 is 0. The van der Waals surface area contributed by atoms with E-state index in [0.29, 0.717) is 6.42 Å². The van der Waals surface area contributed by atoms with Gasteiger partial charge in [-0.05, 0) is 18.4 Å². The first-order valence-electron chi connectivity index (χ1n) is 3.93. The number of ether oxygens (including phenoxy) is 1. The molecule has 0 atom stereocenters. The second-order valence-corrected chi connectivity index (χ2v) is 2.86. The van der Waals surface area contributed by atoms with Gasteiger partial charge in [0.05, 0.1) is 6.61 Å². The van der Waals surface area contributed by atoms with Gasteiger partial charge in [0.1, 0.15) is 5.76 Å². The molecule has 2 nitrogen and oxygen atoms in total. The number of hydrogen-bond acceptors (Lipinski definition) is 2. The van der Waals surface area contributed by atoms with Crippen molar-refractivity contribution in [1.29, 1.82) is 0 Å². The lowest BCUT2D eigenvalue weighted by molar-refractivity contribution is -0.114. The van der Waals surface area contributed by atoms with Crippen LogP contribution in [0.15, 0.2) is 23.5 Å². The van der Waals surface area contributed by atoms with Gasteiger partial charge in [0.25, 0.3) is 0 Å². The maximum atomic E-state index is 10.9. The van der Waals surface area contributed by atoms with Crippen molar-refractivity contribution in [3.05, 3.63) is 23.5 Å². The normalized spacial score (nSPS) is 23.1. The first-order chi connectivity index (χ1) is 5.36. The van der Waals surface area contributed by atoms with Gasteiger partial charge in [-0.15, -0.1) is 0 Å². The zero-order valence-corrected chi connectivity index (χ0v) is 6.30. The molecule has 2 rings (SSSR count). The van der Waals surface area contributed by atoms with Crippen molar-refractivity contribution in [3.63, 3.8) is 0 Å². The second kappa shape index (κ2) is 2.53. The van der Waals surface area contributed by atoms with Crippen LogP contribution in [0.2, 0.25) is 0 Å². The monoisotopic (exact) mass is 150 g/mol. The molecule has 2 heteroatoms. The van der Waals surface area contributed by atoms with Crippen LogP contribution < -0.4 is 0 Å². The van der Waals surface area contributed by atoms with E-state index in [1.165, 1.54) is 5.57 Å². The molecule has 0 radical (unpaired) electrons. The molecule has 0 spiro atoms. The van der Waals surface area contributed by atoms with Crippen LogP contribution in [-0.2, 0) is 9.53 Å². The number of allylic oxidation sites excluding steroid dienone is 3. The Labute approximate surface area is 65.5 Å². The first-order valence-corrected chi connectivity index (χ1v) is 3.93. The van der Waals surface area contributed by atoms with Gasteiger partial charge in [0, 0.05) is 12.5 Å². The van der Waals surface area contributed by atoms with Gasteiger partial charge in [-0.3, -0.25) is 4.79 Å². The lowest BCUT2D eigenvalue weighted by atomic mass is 9.98. The van der Waals surface area contributed by atoms with E-state index < -0.39 is 0 Å². The molecule has 2 aliphatic rings. The van der Waals surface area contributed by atoms with Crippen molar-refractivity contribution in [1.82, 2.24) is 0 Å². The Morgan fingerprint density at radius 1 is 1.45 bits per heavy atom. The fourth-order valence-electron chi connectivity index (χ4n) is 1.43. The van der Waals surface area contributed by atoms with E-state index in [4.69, 9.17) is 4.74 Å². The largest absolute Gasteiger partial charge is 0.493 e. The van der Waals surface area contributed by atoms with Crippen molar-refractivity contribution >= 4 is 5.78 Å². The highest BCUT2D eigenvalue weighted by atomic mass is 16.5. The Morgan fingerprint density at radius 2 is 2.36 bits per heavy atom. The third-order valence-corrected chi connectivity index (χ3v) is 2.01. The van der Waals surface area contributed by atoms with Crippen LogP contribution in [-0.4, -0.2) is 12.4 Å². The van der Waals surface area contributed by atoms with Crippen molar-refractivity contribution in [2.24, 2.45) is 0 Å². The summed E-state index contributed by atoms with van der Waals surface area (Å²) in [6.45, 7) is 0.760. The highest BCUT2D eigenvalue weighted by Gasteiger charge is 2.17. The standard InChI is InChI=1S/C9H10O2/c10-8-4-3-7-2-1-5-11-9(7)6-8/h3,6H,1-2,4-5H2.